The first kappa shape index (κ1) is 8.98. The molecular formula is C7H4Cl3O. The molecule has 1 nitrogen and oxygen atoms in total. The van der Waals surface area contributed by atoms with Crippen LogP contribution in [0, 0.1) is 0 Å². The molecule has 59 valence electrons. The van der Waals surface area contributed by atoms with Gasteiger partial charge in [-0.05, 0) is 12.1 Å². The molecule has 0 aliphatic heterocycles. The summed E-state index contributed by atoms with van der Waals surface area (Å²) in [6.07, 6.45) is 0. The van der Waals surface area contributed by atoms with Gasteiger partial charge in [-0.2, -0.15) is 0 Å². The van der Waals surface area contributed by atoms with Gasteiger partial charge in [0.1, 0.15) is 0 Å². The fraction of sp³-hybridized carbons (Fsp3) is 0.143. The Balaban J connectivity index is 3.06. The zero-order valence-electron chi connectivity index (χ0n) is 5.35. The van der Waals surface area contributed by atoms with E-state index in [-0.39, 0.29) is 5.75 Å². The second kappa shape index (κ2) is 3.10. The Morgan fingerprint density at radius 2 is 1.82 bits per heavy atom. The quantitative estimate of drug-likeness (QED) is 0.583. The fourth-order valence-electron chi connectivity index (χ4n) is 0.672. The summed E-state index contributed by atoms with van der Waals surface area (Å²) < 4.78 is -1.50. The number of hydrogen-bond acceptors (Lipinski definition) is 0. The zero-order valence-corrected chi connectivity index (χ0v) is 7.62. The fourth-order valence-corrected chi connectivity index (χ4v) is 1.03. The summed E-state index contributed by atoms with van der Waals surface area (Å²) in [5.41, 5.74) is 0.398. The molecule has 0 unspecified atom stereocenters. The lowest BCUT2D eigenvalue weighted by molar-refractivity contribution is 0.354. The molecule has 0 saturated carbocycles. The van der Waals surface area contributed by atoms with Gasteiger partial charge in [0.15, 0.2) is 5.75 Å². The number of rotatable bonds is 0. The van der Waals surface area contributed by atoms with Crippen molar-refractivity contribution in [1.82, 2.24) is 0 Å². The average molecular weight is 210 g/mol. The summed E-state index contributed by atoms with van der Waals surface area (Å²) in [5.74, 6) is -0.158. The topological polar surface area (TPSA) is 19.9 Å². The van der Waals surface area contributed by atoms with E-state index in [0.29, 0.717) is 5.56 Å². The lowest BCUT2D eigenvalue weighted by Crippen LogP contribution is -1.98. The molecule has 0 fully saturated rings. The first-order chi connectivity index (χ1) is 5.00. The maximum Gasteiger partial charge on any atom is 0.216 e. The molecule has 0 aromatic heterocycles. The van der Waals surface area contributed by atoms with Gasteiger partial charge in [0.25, 0.3) is 0 Å². The molecule has 0 heterocycles. The van der Waals surface area contributed by atoms with Crippen molar-refractivity contribution in [3.63, 3.8) is 0 Å². The lowest BCUT2D eigenvalue weighted by atomic mass is 10.2. The average Bonchev–Trinajstić information content (AvgIpc) is 1.86. The van der Waals surface area contributed by atoms with Crippen LogP contribution in [0.5, 0.6) is 5.75 Å². The van der Waals surface area contributed by atoms with E-state index in [1.54, 1.807) is 12.1 Å². The number of hydrogen-bond donors (Lipinski definition) is 0. The van der Waals surface area contributed by atoms with Crippen LogP contribution in [0.4, 0.5) is 0 Å². The molecule has 0 amide bonds. The molecule has 0 aliphatic rings. The van der Waals surface area contributed by atoms with Gasteiger partial charge in [-0.1, -0.05) is 46.9 Å². The lowest BCUT2D eigenvalue weighted by Gasteiger charge is -2.09. The molecule has 1 rings (SSSR count). The highest BCUT2D eigenvalue weighted by atomic mass is 35.6. The van der Waals surface area contributed by atoms with E-state index in [2.05, 4.69) is 0 Å². The molecule has 4 heteroatoms. The van der Waals surface area contributed by atoms with Crippen molar-refractivity contribution in [2.24, 2.45) is 0 Å². The largest absolute Gasteiger partial charge is 0.290 e. The van der Waals surface area contributed by atoms with Gasteiger partial charge in [-0.15, -0.1) is 0 Å². The Morgan fingerprint density at radius 1 is 1.18 bits per heavy atom. The zero-order chi connectivity index (χ0) is 8.48. The molecule has 0 spiro atoms. The predicted octanol–water partition coefficient (Wildman–Crippen LogP) is 3.66. The molecule has 0 saturated heterocycles. The Kier molecular flexibility index (Phi) is 2.53. The molecule has 0 bridgehead atoms. The summed E-state index contributed by atoms with van der Waals surface area (Å²) in [6.45, 7) is 0. The van der Waals surface area contributed by atoms with Gasteiger partial charge in [-0.25, -0.2) is 0 Å². The van der Waals surface area contributed by atoms with Gasteiger partial charge >= 0.3 is 0 Å². The molecular weight excluding hydrogens is 206 g/mol. The first-order valence-corrected chi connectivity index (χ1v) is 3.98. The van der Waals surface area contributed by atoms with Crippen molar-refractivity contribution in [3.05, 3.63) is 29.8 Å². The van der Waals surface area contributed by atoms with E-state index in [1.807, 2.05) is 0 Å². The van der Waals surface area contributed by atoms with Crippen LogP contribution in [0.2, 0.25) is 0 Å². The number of alkyl halides is 3. The van der Waals surface area contributed by atoms with Gasteiger partial charge in [0.05, 0.1) is 0 Å². The minimum Gasteiger partial charge on any atom is -0.290 e. The van der Waals surface area contributed by atoms with Crippen LogP contribution in [0.1, 0.15) is 5.56 Å². The van der Waals surface area contributed by atoms with Gasteiger partial charge in [-0.3, -0.25) is 5.11 Å². The minimum atomic E-state index is -1.50. The van der Waals surface area contributed by atoms with Gasteiger partial charge in [0, 0.05) is 5.56 Å². The second-order valence-corrected chi connectivity index (χ2v) is 4.31. The van der Waals surface area contributed by atoms with E-state index in [4.69, 9.17) is 34.8 Å². The minimum absolute atomic E-state index is 0.158. The van der Waals surface area contributed by atoms with Crippen LogP contribution in [-0.4, -0.2) is 0 Å². The molecule has 0 N–H and O–H groups in total. The summed E-state index contributed by atoms with van der Waals surface area (Å²) in [5, 5.41) is 10.8. The van der Waals surface area contributed by atoms with Crippen LogP contribution in [0.25, 0.3) is 0 Å². The van der Waals surface area contributed by atoms with Crippen LogP contribution in [-0.2, 0) is 8.90 Å². The third-order valence-electron chi connectivity index (χ3n) is 1.16. The SMILES string of the molecule is [O]c1cccc(C(Cl)(Cl)Cl)c1. The van der Waals surface area contributed by atoms with Gasteiger partial charge < -0.3 is 0 Å². The van der Waals surface area contributed by atoms with Crippen LogP contribution < -0.4 is 0 Å². The third-order valence-corrected chi connectivity index (χ3v) is 1.82. The Hall–Kier alpha value is -0.110. The predicted molar refractivity (Wildman–Crippen MR) is 45.8 cm³/mol. The standard InChI is InChI=1S/C7H4Cl3O/c8-7(9,10)5-2-1-3-6(11)4-5/h1-4H. The van der Waals surface area contributed by atoms with Crippen LogP contribution in [0.3, 0.4) is 0 Å². The summed E-state index contributed by atoms with van der Waals surface area (Å²) in [6, 6.07) is 5.85. The van der Waals surface area contributed by atoms with Crippen molar-refractivity contribution >= 4 is 34.8 Å². The van der Waals surface area contributed by atoms with Gasteiger partial charge in [0.2, 0.25) is 3.79 Å². The third kappa shape index (κ3) is 2.44. The molecule has 1 aromatic rings. The van der Waals surface area contributed by atoms with E-state index < -0.39 is 3.79 Å². The first-order valence-electron chi connectivity index (χ1n) is 2.84. The van der Waals surface area contributed by atoms with Crippen molar-refractivity contribution < 1.29 is 5.11 Å². The molecule has 0 aliphatic carbocycles. The maximum atomic E-state index is 10.8. The maximum absolute atomic E-state index is 10.8. The number of benzene rings is 1. The Labute approximate surface area is 79.5 Å². The van der Waals surface area contributed by atoms with E-state index >= 15 is 0 Å². The Morgan fingerprint density at radius 3 is 2.18 bits per heavy atom. The number of halogens is 3. The molecule has 1 aromatic carbocycles. The summed E-state index contributed by atoms with van der Waals surface area (Å²) >= 11 is 16.6. The van der Waals surface area contributed by atoms with E-state index in [9.17, 15) is 5.11 Å². The normalized spacial score (nSPS) is 11.5. The summed E-state index contributed by atoms with van der Waals surface area (Å²) in [7, 11) is 0. The molecule has 11 heavy (non-hydrogen) atoms. The highest BCUT2D eigenvalue weighted by Crippen LogP contribution is 2.38. The highest BCUT2D eigenvalue weighted by molar-refractivity contribution is 6.66. The van der Waals surface area contributed by atoms with Crippen LogP contribution in [0.15, 0.2) is 24.3 Å². The van der Waals surface area contributed by atoms with Crippen molar-refractivity contribution in [3.8, 4) is 5.75 Å². The van der Waals surface area contributed by atoms with Crippen molar-refractivity contribution in [2.45, 2.75) is 3.79 Å². The summed E-state index contributed by atoms with van der Waals surface area (Å²) in [4.78, 5) is 0. The second-order valence-electron chi connectivity index (χ2n) is 2.03. The Bertz CT molecular complexity index is 254. The monoisotopic (exact) mass is 209 g/mol. The molecule has 1 radical (unpaired) electrons. The van der Waals surface area contributed by atoms with Crippen molar-refractivity contribution in [1.29, 1.82) is 0 Å². The highest BCUT2D eigenvalue weighted by Gasteiger charge is 2.22. The van der Waals surface area contributed by atoms with Crippen molar-refractivity contribution in [2.75, 3.05) is 0 Å². The smallest absolute Gasteiger partial charge is 0.216 e. The van der Waals surface area contributed by atoms with E-state index in [1.165, 1.54) is 12.1 Å². The molecule has 0 atom stereocenters. The van der Waals surface area contributed by atoms with E-state index in [0.717, 1.165) is 0 Å². The van der Waals surface area contributed by atoms with Crippen LogP contribution >= 0.6 is 34.8 Å².